The summed E-state index contributed by atoms with van der Waals surface area (Å²) in [5.41, 5.74) is 10.0. The molecule has 150 valence electrons. The second kappa shape index (κ2) is 7.35. The molecule has 4 rings (SSSR count). The third-order valence-corrected chi connectivity index (χ3v) is 5.91. The summed E-state index contributed by atoms with van der Waals surface area (Å²) in [6, 6.07) is 19.4. The number of hydrogen-bond acceptors (Lipinski definition) is 1. The van der Waals surface area contributed by atoms with E-state index in [9.17, 15) is 5.26 Å². The maximum absolute atomic E-state index is 9.70. The van der Waals surface area contributed by atoms with Gasteiger partial charge in [0.25, 0.3) is 5.82 Å². The Bertz CT molecular complexity index is 1270. The van der Waals surface area contributed by atoms with E-state index in [1.807, 2.05) is 29.9 Å². The Morgan fingerprint density at radius 2 is 1.43 bits per heavy atom. The average molecular weight is 396 g/mol. The van der Waals surface area contributed by atoms with Crippen LogP contribution in [0.3, 0.4) is 0 Å². The third-order valence-electron chi connectivity index (χ3n) is 5.91. The Hall–Kier alpha value is -3.58. The van der Waals surface area contributed by atoms with Crippen molar-refractivity contribution < 1.29 is 4.57 Å². The number of hydrogen-bond donors (Lipinski definition) is 0. The first kappa shape index (κ1) is 19.7. The summed E-state index contributed by atoms with van der Waals surface area (Å²) in [5, 5.41) is 9.70. The minimum absolute atomic E-state index is 0.633. The zero-order valence-electron chi connectivity index (χ0n) is 18.5. The maximum Gasteiger partial charge on any atom is 0.295 e. The molecule has 2 aromatic carbocycles. The van der Waals surface area contributed by atoms with Gasteiger partial charge in [0.05, 0.1) is 12.6 Å². The molecule has 0 radical (unpaired) electrons. The van der Waals surface area contributed by atoms with Crippen molar-refractivity contribution in [1.29, 1.82) is 5.26 Å². The van der Waals surface area contributed by atoms with Crippen molar-refractivity contribution in [3.05, 3.63) is 88.5 Å². The Labute approximate surface area is 178 Å². The molecule has 0 amide bonds. The monoisotopic (exact) mass is 395 g/mol. The standard InChI is InChI=1S/C26H27N4/c1-17-9-7-8-10-24(17)26-28(6)23(15-27)16-29(26)25-18(2)13-22(14-19(25)3)30-20(4)11-12-21(30)5/h7-14,16H,1-6H3/q+1. The van der Waals surface area contributed by atoms with Gasteiger partial charge in [-0.2, -0.15) is 9.83 Å². The molecule has 0 bridgehead atoms. The molecule has 0 spiro atoms. The van der Waals surface area contributed by atoms with Crippen molar-refractivity contribution in [2.45, 2.75) is 34.6 Å². The van der Waals surface area contributed by atoms with Crippen LogP contribution in [0.4, 0.5) is 0 Å². The zero-order chi connectivity index (χ0) is 21.6. The van der Waals surface area contributed by atoms with Gasteiger partial charge in [0.2, 0.25) is 5.69 Å². The molecule has 0 fully saturated rings. The highest BCUT2D eigenvalue weighted by Crippen LogP contribution is 2.30. The van der Waals surface area contributed by atoms with Crippen LogP contribution in [0.25, 0.3) is 22.8 Å². The lowest BCUT2D eigenvalue weighted by molar-refractivity contribution is -0.661. The number of nitrogens with zero attached hydrogens (tertiary/aromatic N) is 4. The number of nitriles is 1. The van der Waals surface area contributed by atoms with Crippen LogP contribution in [0.5, 0.6) is 0 Å². The molecule has 0 unspecified atom stereocenters. The third kappa shape index (κ3) is 3.04. The van der Waals surface area contributed by atoms with Gasteiger partial charge in [0.15, 0.2) is 6.20 Å². The molecule has 4 aromatic rings. The molecule has 0 saturated heterocycles. The summed E-state index contributed by atoms with van der Waals surface area (Å²) >= 11 is 0. The fraction of sp³-hybridized carbons (Fsp3) is 0.231. The number of benzene rings is 2. The normalized spacial score (nSPS) is 11.0. The van der Waals surface area contributed by atoms with Crippen LogP contribution in [0, 0.1) is 45.9 Å². The van der Waals surface area contributed by atoms with Gasteiger partial charge in [0.1, 0.15) is 11.8 Å². The smallest absolute Gasteiger partial charge is 0.295 e. The maximum atomic E-state index is 9.70. The van der Waals surface area contributed by atoms with Crippen LogP contribution in [0.1, 0.15) is 33.8 Å². The van der Waals surface area contributed by atoms with E-state index < -0.39 is 0 Å². The molecule has 30 heavy (non-hydrogen) atoms. The molecule has 0 aliphatic carbocycles. The Kier molecular flexibility index (Phi) is 4.83. The van der Waals surface area contributed by atoms with Gasteiger partial charge < -0.3 is 4.57 Å². The van der Waals surface area contributed by atoms with Gasteiger partial charge in [-0.05, 0) is 81.6 Å². The van der Waals surface area contributed by atoms with Crippen molar-refractivity contribution in [2.75, 3.05) is 0 Å². The van der Waals surface area contributed by atoms with Gasteiger partial charge in [-0.1, -0.05) is 18.2 Å². The average Bonchev–Trinajstić information content (AvgIpc) is 3.20. The highest BCUT2D eigenvalue weighted by Gasteiger charge is 2.27. The SMILES string of the molecule is Cc1ccccc1-c1n(-c2c(C)cc(-n3c(C)ccc3C)cc2C)cc(C#N)[n+]1C. The molecule has 4 nitrogen and oxygen atoms in total. The van der Waals surface area contributed by atoms with Crippen molar-refractivity contribution >= 4 is 0 Å². The molecule has 0 atom stereocenters. The highest BCUT2D eigenvalue weighted by atomic mass is 15.2. The lowest BCUT2D eigenvalue weighted by atomic mass is 10.0. The van der Waals surface area contributed by atoms with Crippen molar-refractivity contribution in [1.82, 2.24) is 9.13 Å². The quantitative estimate of drug-likeness (QED) is 0.441. The largest absolute Gasteiger partial charge is 0.318 e. The Balaban J connectivity index is 1.99. The molecular weight excluding hydrogens is 368 g/mol. The van der Waals surface area contributed by atoms with E-state index in [0.29, 0.717) is 5.69 Å². The topological polar surface area (TPSA) is 37.5 Å². The predicted octanol–water partition coefficient (Wildman–Crippen LogP) is 5.17. The predicted molar refractivity (Wildman–Crippen MR) is 120 cm³/mol. The first-order valence-electron chi connectivity index (χ1n) is 10.2. The van der Waals surface area contributed by atoms with Gasteiger partial charge in [-0.3, -0.25) is 0 Å². The summed E-state index contributed by atoms with van der Waals surface area (Å²) in [5.74, 6) is 1.01. The Morgan fingerprint density at radius 1 is 0.833 bits per heavy atom. The van der Waals surface area contributed by atoms with Crippen LogP contribution < -0.4 is 4.57 Å². The molecule has 0 aliphatic heterocycles. The second-order valence-corrected chi connectivity index (χ2v) is 8.07. The summed E-state index contributed by atoms with van der Waals surface area (Å²) in [6.45, 7) is 10.7. The van der Waals surface area contributed by atoms with E-state index in [4.69, 9.17) is 0 Å². The minimum Gasteiger partial charge on any atom is -0.318 e. The number of aryl methyl sites for hydroxylation is 5. The number of imidazole rings is 1. The van der Waals surface area contributed by atoms with E-state index >= 15 is 0 Å². The summed E-state index contributed by atoms with van der Waals surface area (Å²) in [4.78, 5) is 0. The van der Waals surface area contributed by atoms with Crippen molar-refractivity contribution in [3.63, 3.8) is 0 Å². The summed E-state index contributed by atoms with van der Waals surface area (Å²) in [6.07, 6.45) is 1.95. The van der Waals surface area contributed by atoms with Gasteiger partial charge >= 0.3 is 0 Å². The van der Waals surface area contributed by atoms with Crippen LogP contribution in [0.15, 0.2) is 54.7 Å². The molecule has 2 aromatic heterocycles. The first-order chi connectivity index (χ1) is 14.3. The van der Waals surface area contributed by atoms with Crippen molar-refractivity contribution in [2.24, 2.45) is 7.05 Å². The van der Waals surface area contributed by atoms with E-state index in [0.717, 1.165) is 17.1 Å². The van der Waals surface area contributed by atoms with E-state index in [-0.39, 0.29) is 0 Å². The van der Waals surface area contributed by atoms with Crippen LogP contribution in [0.2, 0.25) is 0 Å². The van der Waals surface area contributed by atoms with Crippen LogP contribution in [-0.4, -0.2) is 9.13 Å². The fourth-order valence-electron chi connectivity index (χ4n) is 4.47. The molecule has 0 saturated carbocycles. The summed E-state index contributed by atoms with van der Waals surface area (Å²) < 4.78 is 6.43. The zero-order valence-corrected chi connectivity index (χ0v) is 18.5. The summed E-state index contributed by atoms with van der Waals surface area (Å²) in [7, 11) is 1.96. The molecule has 4 heteroatoms. The van der Waals surface area contributed by atoms with Crippen molar-refractivity contribution in [3.8, 4) is 28.8 Å². The first-order valence-corrected chi connectivity index (χ1v) is 10.2. The lowest BCUT2D eigenvalue weighted by Gasteiger charge is -2.15. The van der Waals surface area contributed by atoms with Gasteiger partial charge in [-0.25, -0.2) is 4.57 Å². The van der Waals surface area contributed by atoms with Crippen LogP contribution in [-0.2, 0) is 7.05 Å². The molecule has 0 aliphatic rings. The van der Waals surface area contributed by atoms with E-state index in [2.05, 4.69) is 86.2 Å². The fourth-order valence-corrected chi connectivity index (χ4v) is 4.47. The molecule has 0 N–H and O–H groups in total. The highest BCUT2D eigenvalue weighted by molar-refractivity contribution is 5.64. The van der Waals surface area contributed by atoms with Gasteiger partial charge in [0, 0.05) is 17.1 Å². The molecule has 2 heterocycles. The molecular formula is C26H27N4+. The van der Waals surface area contributed by atoms with E-state index in [1.54, 1.807) is 0 Å². The minimum atomic E-state index is 0.633. The number of rotatable bonds is 3. The van der Waals surface area contributed by atoms with Gasteiger partial charge in [-0.15, -0.1) is 0 Å². The second-order valence-electron chi connectivity index (χ2n) is 8.07. The number of aromatic nitrogens is 3. The Morgan fingerprint density at radius 3 is 2.00 bits per heavy atom. The van der Waals surface area contributed by atoms with E-state index in [1.165, 1.54) is 33.8 Å². The lowest BCUT2D eigenvalue weighted by Crippen LogP contribution is -2.33. The van der Waals surface area contributed by atoms with Crippen LogP contribution >= 0.6 is 0 Å².